The summed E-state index contributed by atoms with van der Waals surface area (Å²) < 4.78 is 25.4. The molecule has 0 saturated carbocycles. The largest absolute Gasteiger partial charge is 0.322 e. The van der Waals surface area contributed by atoms with Crippen molar-refractivity contribution in [2.24, 2.45) is 5.92 Å². The second-order valence-corrected chi connectivity index (χ2v) is 9.50. The van der Waals surface area contributed by atoms with E-state index >= 15 is 0 Å². The lowest BCUT2D eigenvalue weighted by atomic mass is 10.0. The molecule has 0 aliphatic carbocycles. The molecule has 144 valence electrons. The summed E-state index contributed by atoms with van der Waals surface area (Å²) in [6.45, 7) is 7.23. The third kappa shape index (κ3) is 3.96. The minimum Gasteiger partial charge on any atom is -0.319 e. The third-order valence-corrected chi connectivity index (χ3v) is 7.03. The Morgan fingerprint density at radius 3 is 2.42 bits per heavy atom. The molecule has 0 aromatic heterocycles. The van der Waals surface area contributed by atoms with Crippen LogP contribution < -0.4 is 9.62 Å². The Labute approximate surface area is 156 Å². The SMILES string of the molecule is CC(C)[C@@H]1CN(C)CCN1C(=O)Nc1ccc(N2CCCS2(=O)=O)cc1. The van der Waals surface area contributed by atoms with Crippen LogP contribution in [0.3, 0.4) is 0 Å². The predicted molar refractivity (Wildman–Crippen MR) is 104 cm³/mol. The van der Waals surface area contributed by atoms with E-state index in [1.165, 1.54) is 4.31 Å². The van der Waals surface area contributed by atoms with E-state index in [1.54, 1.807) is 24.3 Å². The van der Waals surface area contributed by atoms with E-state index in [9.17, 15) is 13.2 Å². The minimum absolute atomic E-state index is 0.0988. The van der Waals surface area contributed by atoms with Crippen molar-refractivity contribution in [3.63, 3.8) is 0 Å². The molecule has 2 amide bonds. The molecule has 1 N–H and O–H groups in total. The topological polar surface area (TPSA) is 73.0 Å². The van der Waals surface area contributed by atoms with Crippen LogP contribution in [0.5, 0.6) is 0 Å². The number of piperazine rings is 1. The van der Waals surface area contributed by atoms with Crippen LogP contribution in [-0.4, -0.2) is 69.3 Å². The van der Waals surface area contributed by atoms with E-state index in [2.05, 4.69) is 31.1 Å². The standard InChI is InChI=1S/C18H28N4O3S/c1-14(2)17-13-20(3)10-11-21(17)18(23)19-15-5-7-16(8-6-15)22-9-4-12-26(22,24)25/h5-8,14,17H,4,9-13H2,1-3H3,(H,19,23)/t17-/m0/s1. The highest BCUT2D eigenvalue weighted by Crippen LogP contribution is 2.26. The minimum atomic E-state index is -3.18. The molecule has 0 spiro atoms. The molecule has 2 saturated heterocycles. The van der Waals surface area contributed by atoms with Gasteiger partial charge in [0, 0.05) is 37.9 Å². The van der Waals surface area contributed by atoms with Gasteiger partial charge in [0.25, 0.3) is 0 Å². The van der Waals surface area contributed by atoms with E-state index in [4.69, 9.17) is 0 Å². The third-order valence-electron chi connectivity index (χ3n) is 5.16. The molecular weight excluding hydrogens is 352 g/mol. The van der Waals surface area contributed by atoms with Crippen molar-refractivity contribution in [2.75, 3.05) is 48.6 Å². The Morgan fingerprint density at radius 2 is 1.85 bits per heavy atom. The summed E-state index contributed by atoms with van der Waals surface area (Å²) in [5, 5.41) is 2.95. The van der Waals surface area contributed by atoms with Gasteiger partial charge in [-0.25, -0.2) is 13.2 Å². The van der Waals surface area contributed by atoms with E-state index in [-0.39, 0.29) is 17.8 Å². The highest BCUT2D eigenvalue weighted by Gasteiger charge is 2.31. The number of urea groups is 1. The number of hydrogen-bond acceptors (Lipinski definition) is 4. The fourth-order valence-corrected chi connectivity index (χ4v) is 5.18. The number of likely N-dealkylation sites (N-methyl/N-ethyl adjacent to an activating group) is 1. The summed E-state index contributed by atoms with van der Waals surface area (Å²) in [5.74, 6) is 0.581. The molecule has 7 nitrogen and oxygen atoms in total. The number of carbonyl (C=O) groups is 1. The number of hydrogen-bond donors (Lipinski definition) is 1. The highest BCUT2D eigenvalue weighted by molar-refractivity contribution is 7.93. The maximum atomic E-state index is 12.7. The summed E-state index contributed by atoms with van der Waals surface area (Å²) >= 11 is 0. The normalized spacial score (nSPS) is 23.5. The van der Waals surface area contributed by atoms with Crippen LogP contribution in [0.2, 0.25) is 0 Å². The molecule has 1 aromatic rings. The summed E-state index contributed by atoms with van der Waals surface area (Å²) in [4.78, 5) is 16.9. The average Bonchev–Trinajstić information content (AvgIpc) is 2.94. The second kappa shape index (κ2) is 7.44. The zero-order valence-electron chi connectivity index (χ0n) is 15.7. The van der Waals surface area contributed by atoms with Crippen molar-refractivity contribution in [1.29, 1.82) is 0 Å². The van der Waals surface area contributed by atoms with Crippen LogP contribution in [-0.2, 0) is 10.0 Å². The smallest absolute Gasteiger partial charge is 0.319 e. The lowest BCUT2D eigenvalue weighted by Gasteiger charge is -2.42. The van der Waals surface area contributed by atoms with E-state index < -0.39 is 10.0 Å². The Bertz CT molecular complexity index is 748. The Kier molecular flexibility index (Phi) is 5.43. The van der Waals surface area contributed by atoms with Crippen LogP contribution >= 0.6 is 0 Å². The zero-order valence-corrected chi connectivity index (χ0v) is 16.5. The van der Waals surface area contributed by atoms with Crippen molar-refractivity contribution in [3.05, 3.63) is 24.3 Å². The zero-order chi connectivity index (χ0) is 18.9. The second-order valence-electron chi connectivity index (χ2n) is 7.49. The molecule has 26 heavy (non-hydrogen) atoms. The van der Waals surface area contributed by atoms with Crippen molar-refractivity contribution in [3.8, 4) is 0 Å². The number of sulfonamides is 1. The van der Waals surface area contributed by atoms with Gasteiger partial charge in [-0.1, -0.05) is 13.8 Å². The van der Waals surface area contributed by atoms with Gasteiger partial charge in [-0.05, 0) is 43.7 Å². The fraction of sp³-hybridized carbons (Fsp3) is 0.611. The van der Waals surface area contributed by atoms with Gasteiger partial charge in [-0.15, -0.1) is 0 Å². The van der Waals surface area contributed by atoms with Crippen LogP contribution in [0, 0.1) is 5.92 Å². The Morgan fingerprint density at radius 1 is 1.15 bits per heavy atom. The van der Waals surface area contributed by atoms with Crippen LogP contribution in [0.4, 0.5) is 16.2 Å². The number of nitrogens with zero attached hydrogens (tertiary/aromatic N) is 3. The van der Waals surface area contributed by atoms with Gasteiger partial charge < -0.3 is 15.1 Å². The molecule has 2 aliphatic heterocycles. The molecule has 2 aliphatic rings. The maximum absolute atomic E-state index is 12.7. The lowest BCUT2D eigenvalue weighted by molar-refractivity contribution is 0.0922. The van der Waals surface area contributed by atoms with Crippen molar-refractivity contribution >= 4 is 27.4 Å². The van der Waals surface area contributed by atoms with Gasteiger partial charge in [0.1, 0.15) is 0 Å². The van der Waals surface area contributed by atoms with Crippen LogP contribution in [0.25, 0.3) is 0 Å². The van der Waals surface area contributed by atoms with E-state index in [0.29, 0.717) is 36.8 Å². The summed E-state index contributed by atoms with van der Waals surface area (Å²) in [7, 11) is -1.10. The molecule has 0 radical (unpaired) electrons. The van der Waals surface area contributed by atoms with E-state index in [0.717, 1.165) is 13.1 Å². The van der Waals surface area contributed by atoms with Gasteiger partial charge in [-0.2, -0.15) is 0 Å². The first-order valence-electron chi connectivity index (χ1n) is 9.14. The number of amides is 2. The molecule has 1 atom stereocenters. The first-order valence-corrected chi connectivity index (χ1v) is 10.8. The van der Waals surface area contributed by atoms with Crippen LogP contribution in [0.1, 0.15) is 20.3 Å². The van der Waals surface area contributed by atoms with Crippen molar-refractivity contribution in [2.45, 2.75) is 26.3 Å². The molecular formula is C18H28N4O3S. The number of nitrogens with one attached hydrogen (secondary N) is 1. The first kappa shape index (κ1) is 19.0. The molecule has 2 heterocycles. The quantitative estimate of drug-likeness (QED) is 0.871. The highest BCUT2D eigenvalue weighted by atomic mass is 32.2. The van der Waals surface area contributed by atoms with Gasteiger partial charge in [0.15, 0.2) is 0 Å². The van der Waals surface area contributed by atoms with E-state index in [1.807, 2.05) is 4.90 Å². The molecule has 3 rings (SSSR count). The molecule has 2 fully saturated rings. The van der Waals surface area contributed by atoms with Gasteiger partial charge in [0.05, 0.1) is 11.4 Å². The molecule has 0 unspecified atom stereocenters. The molecule has 8 heteroatoms. The summed E-state index contributed by atoms with van der Waals surface area (Å²) in [6, 6.07) is 7.12. The van der Waals surface area contributed by atoms with Gasteiger partial charge in [-0.3, -0.25) is 4.31 Å². The van der Waals surface area contributed by atoms with Crippen molar-refractivity contribution in [1.82, 2.24) is 9.80 Å². The summed E-state index contributed by atoms with van der Waals surface area (Å²) in [5.41, 5.74) is 1.33. The van der Waals surface area contributed by atoms with Gasteiger partial charge >= 0.3 is 6.03 Å². The lowest BCUT2D eigenvalue weighted by Crippen LogP contribution is -2.57. The number of rotatable bonds is 3. The van der Waals surface area contributed by atoms with Gasteiger partial charge in [0.2, 0.25) is 10.0 Å². The number of benzene rings is 1. The monoisotopic (exact) mass is 380 g/mol. The Hall–Kier alpha value is -1.80. The summed E-state index contributed by atoms with van der Waals surface area (Å²) in [6.07, 6.45) is 0.654. The average molecular weight is 381 g/mol. The van der Waals surface area contributed by atoms with Crippen molar-refractivity contribution < 1.29 is 13.2 Å². The number of carbonyl (C=O) groups excluding carboxylic acids is 1. The fourth-order valence-electron chi connectivity index (χ4n) is 3.61. The molecule has 1 aromatic carbocycles. The first-order chi connectivity index (χ1) is 12.3. The molecule has 0 bridgehead atoms. The Balaban J connectivity index is 1.68. The van der Waals surface area contributed by atoms with Crippen LogP contribution in [0.15, 0.2) is 24.3 Å². The predicted octanol–water partition coefficient (Wildman–Crippen LogP) is 2.03. The number of anilines is 2. The maximum Gasteiger partial charge on any atom is 0.322 e.